The highest BCUT2D eigenvalue weighted by Crippen LogP contribution is 2.27. The molecule has 20 heavy (non-hydrogen) atoms. The molecular formula is C13H17ClN4O2. The molecule has 0 bridgehead atoms. The maximum absolute atomic E-state index is 11.8. The summed E-state index contributed by atoms with van der Waals surface area (Å²) in [5, 5.41) is 2.82. The molecule has 0 aliphatic carbocycles. The van der Waals surface area contributed by atoms with Gasteiger partial charge in [0.1, 0.15) is 16.8 Å². The van der Waals surface area contributed by atoms with Crippen LogP contribution in [0.5, 0.6) is 0 Å². The molecule has 108 valence electrons. The van der Waals surface area contributed by atoms with Gasteiger partial charge < -0.3 is 10.2 Å². The number of aryl methyl sites for hydroxylation is 1. The summed E-state index contributed by atoms with van der Waals surface area (Å²) in [6.07, 6.45) is 2.38. The van der Waals surface area contributed by atoms with Gasteiger partial charge >= 0.3 is 0 Å². The minimum atomic E-state index is -0.0951. The van der Waals surface area contributed by atoms with Gasteiger partial charge in [0, 0.05) is 20.1 Å². The number of aromatic nitrogens is 2. The van der Waals surface area contributed by atoms with Crippen LogP contribution in [0.25, 0.3) is 0 Å². The predicted molar refractivity (Wildman–Crippen MR) is 76.2 cm³/mol. The monoisotopic (exact) mass is 296 g/mol. The van der Waals surface area contributed by atoms with Crippen LogP contribution >= 0.6 is 11.6 Å². The fraction of sp³-hybridized carbons (Fsp3) is 0.538. The average molecular weight is 297 g/mol. The minimum absolute atomic E-state index is 0.0132. The Labute approximate surface area is 122 Å². The molecule has 2 heterocycles. The standard InChI is InChI=1S/C13H17ClN4O2/c1-8-16-11(14)10(7-19)12(17-8)18-5-3-4-9(6-18)13(20)15-2/h7,9H,3-6H2,1-2H3,(H,15,20). The largest absolute Gasteiger partial charge is 0.359 e. The van der Waals surface area contributed by atoms with E-state index >= 15 is 0 Å². The molecule has 1 atom stereocenters. The van der Waals surface area contributed by atoms with Crippen molar-refractivity contribution in [2.24, 2.45) is 5.92 Å². The van der Waals surface area contributed by atoms with Crippen LogP contribution in [0.1, 0.15) is 29.0 Å². The summed E-state index contributed by atoms with van der Waals surface area (Å²) < 4.78 is 0. The summed E-state index contributed by atoms with van der Waals surface area (Å²) >= 11 is 5.99. The van der Waals surface area contributed by atoms with Crippen molar-refractivity contribution in [2.75, 3.05) is 25.0 Å². The van der Waals surface area contributed by atoms with Crippen LogP contribution in [0.3, 0.4) is 0 Å². The quantitative estimate of drug-likeness (QED) is 0.670. The number of piperidine rings is 1. The molecule has 0 saturated carbocycles. The van der Waals surface area contributed by atoms with Crippen molar-refractivity contribution < 1.29 is 9.59 Å². The molecule has 1 aliphatic rings. The number of hydrogen-bond acceptors (Lipinski definition) is 5. The number of anilines is 1. The van der Waals surface area contributed by atoms with Crippen LogP contribution in [-0.4, -0.2) is 42.3 Å². The average Bonchev–Trinajstić information content (AvgIpc) is 2.45. The number of carbonyl (C=O) groups is 2. The Kier molecular flexibility index (Phi) is 4.54. The fourth-order valence-electron chi connectivity index (χ4n) is 2.46. The Morgan fingerprint density at radius 1 is 1.50 bits per heavy atom. The molecule has 7 heteroatoms. The van der Waals surface area contributed by atoms with Crippen molar-refractivity contribution in [3.63, 3.8) is 0 Å². The van der Waals surface area contributed by atoms with Crippen LogP contribution in [-0.2, 0) is 4.79 Å². The molecule has 1 saturated heterocycles. The third kappa shape index (κ3) is 2.90. The Hall–Kier alpha value is -1.69. The van der Waals surface area contributed by atoms with Crippen molar-refractivity contribution in [3.05, 3.63) is 16.5 Å². The van der Waals surface area contributed by atoms with Crippen LogP contribution in [0.15, 0.2) is 0 Å². The lowest BCUT2D eigenvalue weighted by Crippen LogP contribution is -2.43. The SMILES string of the molecule is CNC(=O)C1CCCN(c2nc(C)nc(Cl)c2C=O)C1. The van der Waals surface area contributed by atoms with Gasteiger partial charge in [0.15, 0.2) is 6.29 Å². The number of aldehydes is 1. The summed E-state index contributed by atoms with van der Waals surface area (Å²) in [5.41, 5.74) is 0.287. The maximum atomic E-state index is 11.8. The molecule has 6 nitrogen and oxygen atoms in total. The lowest BCUT2D eigenvalue weighted by molar-refractivity contribution is -0.124. The maximum Gasteiger partial charge on any atom is 0.224 e. The number of rotatable bonds is 3. The molecule has 0 spiro atoms. The Balaban J connectivity index is 2.31. The molecule has 0 aromatic carbocycles. The van der Waals surface area contributed by atoms with Gasteiger partial charge in [-0.05, 0) is 19.8 Å². The first-order chi connectivity index (χ1) is 9.56. The van der Waals surface area contributed by atoms with Crippen LogP contribution in [0, 0.1) is 12.8 Å². The molecule has 1 aromatic rings. The molecule has 1 unspecified atom stereocenters. The van der Waals surface area contributed by atoms with Crippen molar-refractivity contribution in [1.82, 2.24) is 15.3 Å². The zero-order chi connectivity index (χ0) is 14.7. The highest BCUT2D eigenvalue weighted by molar-refractivity contribution is 6.32. The van der Waals surface area contributed by atoms with E-state index in [1.54, 1.807) is 14.0 Å². The molecular weight excluding hydrogens is 280 g/mol. The van der Waals surface area contributed by atoms with E-state index in [-0.39, 0.29) is 22.5 Å². The molecule has 1 amide bonds. The molecule has 2 rings (SSSR count). The van der Waals surface area contributed by atoms with E-state index < -0.39 is 0 Å². The third-order valence-corrected chi connectivity index (χ3v) is 3.73. The lowest BCUT2D eigenvalue weighted by Gasteiger charge is -2.33. The summed E-state index contributed by atoms with van der Waals surface area (Å²) in [5.74, 6) is 0.949. The number of amides is 1. The van der Waals surface area contributed by atoms with E-state index in [4.69, 9.17) is 11.6 Å². The normalized spacial score (nSPS) is 18.8. The van der Waals surface area contributed by atoms with Gasteiger partial charge in [-0.1, -0.05) is 11.6 Å². The summed E-state index contributed by atoms with van der Waals surface area (Å²) in [4.78, 5) is 33.2. The fourth-order valence-corrected chi connectivity index (χ4v) is 2.71. The number of nitrogens with zero attached hydrogens (tertiary/aromatic N) is 3. The van der Waals surface area contributed by atoms with Crippen molar-refractivity contribution in [3.8, 4) is 0 Å². The minimum Gasteiger partial charge on any atom is -0.359 e. The molecule has 1 N–H and O–H groups in total. The van der Waals surface area contributed by atoms with Gasteiger partial charge in [0.25, 0.3) is 0 Å². The van der Waals surface area contributed by atoms with E-state index in [0.29, 0.717) is 24.5 Å². The first-order valence-electron chi connectivity index (χ1n) is 6.52. The lowest BCUT2D eigenvalue weighted by atomic mass is 9.97. The highest BCUT2D eigenvalue weighted by atomic mass is 35.5. The smallest absolute Gasteiger partial charge is 0.224 e. The number of nitrogens with one attached hydrogen (secondary N) is 1. The summed E-state index contributed by atoms with van der Waals surface area (Å²) in [6.45, 7) is 3.01. The Morgan fingerprint density at radius 2 is 2.25 bits per heavy atom. The molecule has 0 radical (unpaired) electrons. The van der Waals surface area contributed by atoms with E-state index in [0.717, 1.165) is 19.4 Å². The zero-order valence-corrected chi connectivity index (χ0v) is 12.3. The van der Waals surface area contributed by atoms with Gasteiger partial charge in [-0.25, -0.2) is 9.97 Å². The first-order valence-corrected chi connectivity index (χ1v) is 6.90. The predicted octanol–water partition coefficient (Wildman–Crippen LogP) is 1.21. The van der Waals surface area contributed by atoms with Gasteiger partial charge in [-0.3, -0.25) is 9.59 Å². The van der Waals surface area contributed by atoms with Crippen LogP contribution in [0.2, 0.25) is 5.15 Å². The number of halogens is 1. The first kappa shape index (κ1) is 14.7. The second kappa shape index (κ2) is 6.17. The molecule has 1 aromatic heterocycles. The van der Waals surface area contributed by atoms with Crippen LogP contribution in [0.4, 0.5) is 5.82 Å². The summed E-state index contributed by atoms with van der Waals surface area (Å²) in [6, 6.07) is 0. The van der Waals surface area contributed by atoms with E-state index in [9.17, 15) is 9.59 Å². The van der Waals surface area contributed by atoms with Gasteiger partial charge in [0.2, 0.25) is 5.91 Å². The van der Waals surface area contributed by atoms with Crippen molar-refractivity contribution in [1.29, 1.82) is 0 Å². The number of carbonyl (C=O) groups excluding carboxylic acids is 2. The van der Waals surface area contributed by atoms with E-state index in [1.807, 2.05) is 4.90 Å². The number of hydrogen-bond donors (Lipinski definition) is 1. The van der Waals surface area contributed by atoms with E-state index in [1.165, 1.54) is 0 Å². The van der Waals surface area contributed by atoms with Gasteiger partial charge in [0.05, 0.1) is 11.5 Å². The van der Waals surface area contributed by atoms with Crippen molar-refractivity contribution in [2.45, 2.75) is 19.8 Å². The summed E-state index contributed by atoms with van der Waals surface area (Å²) in [7, 11) is 1.63. The third-order valence-electron chi connectivity index (χ3n) is 3.45. The zero-order valence-electron chi connectivity index (χ0n) is 11.5. The molecule has 1 aliphatic heterocycles. The second-order valence-electron chi connectivity index (χ2n) is 4.82. The topological polar surface area (TPSA) is 75.2 Å². The highest BCUT2D eigenvalue weighted by Gasteiger charge is 2.28. The molecule has 1 fully saturated rings. The Bertz CT molecular complexity index is 535. The van der Waals surface area contributed by atoms with E-state index in [2.05, 4.69) is 15.3 Å². The van der Waals surface area contributed by atoms with Crippen molar-refractivity contribution >= 4 is 29.6 Å². The van der Waals surface area contributed by atoms with Gasteiger partial charge in [-0.15, -0.1) is 0 Å². The van der Waals surface area contributed by atoms with Crippen LogP contribution < -0.4 is 10.2 Å². The van der Waals surface area contributed by atoms with Gasteiger partial charge in [-0.2, -0.15) is 0 Å². The second-order valence-corrected chi connectivity index (χ2v) is 5.17. The Morgan fingerprint density at radius 3 is 2.90 bits per heavy atom.